The van der Waals surface area contributed by atoms with Crippen molar-refractivity contribution < 1.29 is 14.6 Å². The molecule has 2 N–H and O–H groups in total. The molecule has 3 nitrogen and oxygen atoms in total. The zero-order chi connectivity index (χ0) is 14.5. The van der Waals surface area contributed by atoms with Gasteiger partial charge in [-0.25, -0.2) is 4.39 Å². The topological polar surface area (TPSA) is 43.7 Å². The summed E-state index contributed by atoms with van der Waals surface area (Å²) in [4.78, 5) is 1.94. The van der Waals surface area contributed by atoms with Crippen molar-refractivity contribution in [3.8, 4) is 11.8 Å². The summed E-state index contributed by atoms with van der Waals surface area (Å²) in [5.74, 6) is 4.92. The summed E-state index contributed by atoms with van der Waals surface area (Å²) >= 11 is 0. The molecule has 0 amide bonds. The molecule has 0 heterocycles. The minimum atomic E-state index is -0.786. The fraction of sp³-hybridized carbons (Fsp3) is 0.467. The Bertz CT molecular complexity index is 483. The first-order valence-corrected chi connectivity index (χ1v) is 6.11. The second-order valence-electron chi connectivity index (χ2n) is 5.25. The smallest absolute Gasteiger partial charge is 0.124 e. The van der Waals surface area contributed by atoms with E-state index in [1.165, 1.54) is 12.1 Å². The molecule has 0 aliphatic carbocycles. The van der Waals surface area contributed by atoms with Gasteiger partial charge >= 0.3 is 0 Å². The molecule has 0 radical (unpaired) electrons. The predicted octanol–water partition coefficient (Wildman–Crippen LogP) is 1.37. The van der Waals surface area contributed by atoms with Crippen LogP contribution in [0.15, 0.2) is 18.2 Å². The summed E-state index contributed by atoms with van der Waals surface area (Å²) in [7, 11) is 1.88. The van der Waals surface area contributed by atoms with E-state index in [1.807, 2.05) is 11.9 Å². The third kappa shape index (κ3) is 5.84. The van der Waals surface area contributed by atoms with Crippen LogP contribution in [-0.2, 0) is 6.54 Å². The Labute approximate surface area is 113 Å². The van der Waals surface area contributed by atoms with Crippen molar-refractivity contribution in [1.29, 1.82) is 0 Å². The van der Waals surface area contributed by atoms with Gasteiger partial charge in [0, 0.05) is 18.7 Å². The molecular formula is C15H20FNO2. The number of hydrogen-bond donors (Lipinski definition) is 2. The molecule has 0 aromatic heterocycles. The summed E-state index contributed by atoms with van der Waals surface area (Å²) < 4.78 is 13.2. The summed E-state index contributed by atoms with van der Waals surface area (Å²) in [5, 5.41) is 18.5. The van der Waals surface area contributed by atoms with Crippen molar-refractivity contribution in [2.24, 2.45) is 0 Å². The molecular weight excluding hydrogens is 245 g/mol. The van der Waals surface area contributed by atoms with Crippen LogP contribution in [0.5, 0.6) is 0 Å². The highest BCUT2D eigenvalue weighted by molar-refractivity contribution is 5.41. The van der Waals surface area contributed by atoms with Crippen molar-refractivity contribution in [3.05, 3.63) is 35.1 Å². The number of likely N-dealkylation sites (N-methyl/N-ethyl adjacent to an activating group) is 1. The third-order valence-electron chi connectivity index (χ3n) is 2.47. The van der Waals surface area contributed by atoms with Gasteiger partial charge in [0.05, 0.1) is 5.60 Å². The van der Waals surface area contributed by atoms with Gasteiger partial charge in [-0.05, 0) is 38.6 Å². The molecule has 104 valence electrons. The molecule has 0 fully saturated rings. The first kappa shape index (κ1) is 15.6. The molecule has 0 aliphatic heterocycles. The van der Waals surface area contributed by atoms with Crippen molar-refractivity contribution in [3.63, 3.8) is 0 Å². The fourth-order valence-electron chi connectivity index (χ4n) is 1.94. The van der Waals surface area contributed by atoms with Crippen LogP contribution >= 0.6 is 0 Å². The van der Waals surface area contributed by atoms with Gasteiger partial charge < -0.3 is 10.2 Å². The van der Waals surface area contributed by atoms with Gasteiger partial charge in [0.25, 0.3) is 0 Å². The molecule has 0 atom stereocenters. The first-order valence-electron chi connectivity index (χ1n) is 6.11. The van der Waals surface area contributed by atoms with E-state index in [2.05, 4.69) is 11.8 Å². The summed E-state index contributed by atoms with van der Waals surface area (Å²) in [6, 6.07) is 4.42. The number of aliphatic hydroxyl groups excluding tert-OH is 1. The Balaban J connectivity index is 2.88. The van der Waals surface area contributed by atoms with E-state index < -0.39 is 5.60 Å². The van der Waals surface area contributed by atoms with Crippen molar-refractivity contribution >= 4 is 0 Å². The second kappa shape index (κ2) is 6.67. The van der Waals surface area contributed by atoms with Gasteiger partial charge in [-0.2, -0.15) is 0 Å². The number of nitrogens with zero attached hydrogens (tertiary/aromatic N) is 1. The molecule has 1 rings (SSSR count). The number of benzene rings is 1. The highest BCUT2D eigenvalue weighted by atomic mass is 19.1. The standard InChI is InChI=1S/C15H20FNO2/c1-15(2,19)11-17(3)10-13-6-7-14(16)9-12(13)5-4-8-18/h6-7,9,18-19H,8,10-11H2,1-3H3. The Morgan fingerprint density at radius 1 is 1.37 bits per heavy atom. The highest BCUT2D eigenvalue weighted by Crippen LogP contribution is 2.14. The third-order valence-corrected chi connectivity index (χ3v) is 2.47. The molecule has 19 heavy (non-hydrogen) atoms. The van der Waals surface area contributed by atoms with E-state index in [-0.39, 0.29) is 12.4 Å². The van der Waals surface area contributed by atoms with Crippen LogP contribution in [0, 0.1) is 17.7 Å². The second-order valence-corrected chi connectivity index (χ2v) is 5.25. The van der Waals surface area contributed by atoms with Crippen molar-refractivity contribution in [1.82, 2.24) is 4.90 Å². The molecule has 1 aromatic carbocycles. The number of halogens is 1. The lowest BCUT2D eigenvalue weighted by Gasteiger charge is -2.25. The Morgan fingerprint density at radius 2 is 2.05 bits per heavy atom. The molecule has 0 saturated heterocycles. The van der Waals surface area contributed by atoms with Crippen LogP contribution in [0.2, 0.25) is 0 Å². The zero-order valence-corrected chi connectivity index (χ0v) is 11.6. The maximum atomic E-state index is 13.2. The lowest BCUT2D eigenvalue weighted by atomic mass is 10.1. The summed E-state index contributed by atoms with van der Waals surface area (Å²) in [6.07, 6.45) is 0. The van der Waals surface area contributed by atoms with Gasteiger partial charge in [-0.15, -0.1) is 0 Å². The normalized spacial score (nSPS) is 11.3. The lowest BCUT2D eigenvalue weighted by Crippen LogP contribution is -2.35. The molecule has 4 heteroatoms. The van der Waals surface area contributed by atoms with Crippen molar-refractivity contribution in [2.75, 3.05) is 20.2 Å². The van der Waals surface area contributed by atoms with E-state index in [1.54, 1.807) is 19.9 Å². The number of hydrogen-bond acceptors (Lipinski definition) is 3. The van der Waals surface area contributed by atoms with E-state index in [9.17, 15) is 9.50 Å². The molecule has 0 unspecified atom stereocenters. The highest BCUT2D eigenvalue weighted by Gasteiger charge is 2.16. The fourth-order valence-corrected chi connectivity index (χ4v) is 1.94. The van der Waals surface area contributed by atoms with Crippen LogP contribution in [0.1, 0.15) is 25.0 Å². The van der Waals surface area contributed by atoms with Gasteiger partial charge in [0.15, 0.2) is 0 Å². The average molecular weight is 265 g/mol. The minimum absolute atomic E-state index is 0.255. The van der Waals surface area contributed by atoms with Gasteiger partial charge in [0.2, 0.25) is 0 Å². The molecule has 0 aliphatic rings. The van der Waals surface area contributed by atoms with Crippen LogP contribution in [0.25, 0.3) is 0 Å². The zero-order valence-electron chi connectivity index (χ0n) is 11.6. The van der Waals surface area contributed by atoms with Crippen LogP contribution in [0.3, 0.4) is 0 Å². The predicted molar refractivity (Wildman–Crippen MR) is 73.0 cm³/mol. The van der Waals surface area contributed by atoms with Crippen molar-refractivity contribution in [2.45, 2.75) is 26.0 Å². The van der Waals surface area contributed by atoms with E-state index in [0.29, 0.717) is 18.7 Å². The number of rotatable bonds is 4. The first-order chi connectivity index (χ1) is 8.81. The van der Waals surface area contributed by atoms with E-state index >= 15 is 0 Å². The minimum Gasteiger partial charge on any atom is -0.389 e. The largest absolute Gasteiger partial charge is 0.389 e. The lowest BCUT2D eigenvalue weighted by molar-refractivity contribution is 0.0424. The monoisotopic (exact) mass is 265 g/mol. The molecule has 0 spiro atoms. The Hall–Kier alpha value is -1.41. The SMILES string of the molecule is CN(Cc1ccc(F)cc1C#CCO)CC(C)(C)O. The van der Waals surface area contributed by atoms with Crippen LogP contribution < -0.4 is 0 Å². The Morgan fingerprint density at radius 3 is 2.63 bits per heavy atom. The van der Waals surface area contributed by atoms with Crippen LogP contribution in [-0.4, -0.2) is 40.9 Å². The average Bonchev–Trinajstić information content (AvgIpc) is 2.27. The van der Waals surface area contributed by atoms with E-state index in [0.717, 1.165) is 5.56 Å². The number of aliphatic hydroxyl groups is 2. The molecule has 0 bridgehead atoms. The molecule has 1 aromatic rings. The summed E-state index contributed by atoms with van der Waals surface area (Å²) in [6.45, 7) is 4.27. The maximum absolute atomic E-state index is 13.2. The quantitative estimate of drug-likeness (QED) is 0.808. The van der Waals surface area contributed by atoms with Crippen LogP contribution in [0.4, 0.5) is 4.39 Å². The Kier molecular flexibility index (Phi) is 5.49. The van der Waals surface area contributed by atoms with Gasteiger partial charge in [-0.3, -0.25) is 4.90 Å². The van der Waals surface area contributed by atoms with Gasteiger partial charge in [-0.1, -0.05) is 17.9 Å². The maximum Gasteiger partial charge on any atom is 0.124 e. The molecule has 0 saturated carbocycles. The summed E-state index contributed by atoms with van der Waals surface area (Å²) in [5.41, 5.74) is 0.650. The van der Waals surface area contributed by atoms with E-state index in [4.69, 9.17) is 5.11 Å². The van der Waals surface area contributed by atoms with Gasteiger partial charge in [0.1, 0.15) is 12.4 Å².